The molecular weight excluding hydrogens is 499 g/mol. The van der Waals surface area contributed by atoms with E-state index in [-0.39, 0.29) is 11.3 Å². The molecule has 4 aromatic carbocycles. The lowest BCUT2D eigenvalue weighted by Crippen LogP contribution is -2.13. The minimum absolute atomic E-state index is 0.142. The molecule has 1 N–H and O–H groups in total. The standard InChI is InChI=1S/C28H18Cl2N2O4/c1-35-25-10-9-17(11-19(16-31)27(33)32-22-14-20(29)13-21(30)15-22)12-26(25)36-28(34)24-8-4-6-18-5-2-3-7-23(18)24/h2-15H,1H3,(H,32,33)/b19-11+. The smallest absolute Gasteiger partial charge is 0.344 e. The Balaban J connectivity index is 1.61. The molecule has 0 bridgehead atoms. The molecule has 1 amide bonds. The monoisotopic (exact) mass is 516 g/mol. The van der Waals surface area contributed by atoms with E-state index in [0.29, 0.717) is 32.6 Å². The summed E-state index contributed by atoms with van der Waals surface area (Å²) in [7, 11) is 1.45. The average molecular weight is 517 g/mol. The quantitative estimate of drug-likeness (QED) is 0.130. The highest BCUT2D eigenvalue weighted by Crippen LogP contribution is 2.31. The maximum absolute atomic E-state index is 13.0. The highest BCUT2D eigenvalue weighted by molar-refractivity contribution is 6.35. The molecule has 6 nitrogen and oxygen atoms in total. The fraction of sp³-hybridized carbons (Fsp3) is 0.0357. The van der Waals surface area contributed by atoms with Crippen molar-refractivity contribution in [3.05, 3.63) is 106 Å². The third-order valence-corrected chi connectivity index (χ3v) is 5.63. The predicted molar refractivity (Wildman–Crippen MR) is 141 cm³/mol. The number of hydrogen-bond donors (Lipinski definition) is 1. The number of methoxy groups -OCH3 is 1. The molecule has 0 spiro atoms. The molecule has 0 heterocycles. The highest BCUT2D eigenvalue weighted by atomic mass is 35.5. The van der Waals surface area contributed by atoms with Gasteiger partial charge in [-0.05, 0) is 58.8 Å². The number of nitrogens with zero attached hydrogens (tertiary/aromatic N) is 1. The summed E-state index contributed by atoms with van der Waals surface area (Å²) in [6.07, 6.45) is 1.37. The number of hydrogen-bond acceptors (Lipinski definition) is 5. The van der Waals surface area contributed by atoms with Gasteiger partial charge in [-0.15, -0.1) is 0 Å². The summed E-state index contributed by atoms with van der Waals surface area (Å²) in [6, 6.07) is 24.0. The maximum Gasteiger partial charge on any atom is 0.344 e. The third kappa shape index (κ3) is 5.66. The molecule has 0 unspecified atom stereocenters. The number of esters is 1. The van der Waals surface area contributed by atoms with Gasteiger partial charge in [-0.2, -0.15) is 5.26 Å². The van der Waals surface area contributed by atoms with E-state index in [1.54, 1.807) is 24.3 Å². The first-order valence-electron chi connectivity index (χ1n) is 10.6. The number of carbonyl (C=O) groups excluding carboxylic acids is 2. The Kier molecular flexibility index (Phi) is 7.55. The zero-order valence-corrected chi connectivity index (χ0v) is 20.4. The first kappa shape index (κ1) is 24.8. The van der Waals surface area contributed by atoms with Crippen LogP contribution in [0.1, 0.15) is 15.9 Å². The summed E-state index contributed by atoms with van der Waals surface area (Å²) >= 11 is 11.9. The lowest BCUT2D eigenvalue weighted by molar-refractivity contribution is -0.112. The van der Waals surface area contributed by atoms with Gasteiger partial charge in [-0.25, -0.2) is 4.79 Å². The number of ether oxygens (including phenoxy) is 2. The van der Waals surface area contributed by atoms with E-state index in [1.165, 1.54) is 37.5 Å². The van der Waals surface area contributed by atoms with Crippen molar-refractivity contribution in [2.24, 2.45) is 0 Å². The Morgan fingerprint density at radius 1 is 0.917 bits per heavy atom. The number of nitriles is 1. The van der Waals surface area contributed by atoms with Crippen LogP contribution in [0.15, 0.2) is 84.4 Å². The summed E-state index contributed by atoms with van der Waals surface area (Å²) in [5.74, 6) is -0.760. The van der Waals surface area contributed by atoms with Gasteiger partial charge in [0.25, 0.3) is 5.91 Å². The maximum atomic E-state index is 13.0. The SMILES string of the molecule is COc1ccc(/C=C(\C#N)C(=O)Nc2cc(Cl)cc(Cl)c2)cc1OC(=O)c1cccc2ccccc12. The molecule has 36 heavy (non-hydrogen) atoms. The van der Waals surface area contributed by atoms with Gasteiger partial charge < -0.3 is 14.8 Å². The molecule has 0 aliphatic carbocycles. The van der Waals surface area contributed by atoms with Crippen LogP contribution in [0.2, 0.25) is 10.0 Å². The molecule has 0 aliphatic heterocycles. The molecule has 4 aromatic rings. The second-order valence-corrected chi connectivity index (χ2v) is 8.48. The van der Waals surface area contributed by atoms with E-state index < -0.39 is 11.9 Å². The Morgan fingerprint density at radius 3 is 2.36 bits per heavy atom. The number of anilines is 1. The Hall–Kier alpha value is -4.31. The van der Waals surface area contributed by atoms with Crippen molar-refractivity contribution in [3.8, 4) is 17.6 Å². The van der Waals surface area contributed by atoms with Crippen molar-refractivity contribution in [1.82, 2.24) is 0 Å². The number of nitrogens with one attached hydrogen (secondary N) is 1. The lowest BCUT2D eigenvalue weighted by Gasteiger charge is -2.11. The van der Waals surface area contributed by atoms with Crippen molar-refractivity contribution in [1.29, 1.82) is 5.26 Å². The summed E-state index contributed by atoms with van der Waals surface area (Å²) < 4.78 is 11.0. The number of amides is 1. The summed E-state index contributed by atoms with van der Waals surface area (Å²) in [5, 5.41) is 14.5. The first-order valence-corrected chi connectivity index (χ1v) is 11.4. The fourth-order valence-electron chi connectivity index (χ4n) is 3.56. The Morgan fingerprint density at radius 2 is 1.64 bits per heavy atom. The molecule has 0 aromatic heterocycles. The molecule has 8 heteroatoms. The van der Waals surface area contributed by atoms with Crippen molar-refractivity contribution in [3.63, 3.8) is 0 Å². The summed E-state index contributed by atoms with van der Waals surface area (Å²) in [5.41, 5.74) is 1.02. The van der Waals surface area contributed by atoms with Crippen LogP contribution in [0.25, 0.3) is 16.8 Å². The topological polar surface area (TPSA) is 88.4 Å². The second-order valence-electron chi connectivity index (χ2n) is 7.61. The van der Waals surface area contributed by atoms with Crippen molar-refractivity contribution >= 4 is 57.6 Å². The van der Waals surface area contributed by atoms with Crippen LogP contribution in [-0.4, -0.2) is 19.0 Å². The number of benzene rings is 4. The summed E-state index contributed by atoms with van der Waals surface area (Å²) in [6.45, 7) is 0. The lowest BCUT2D eigenvalue weighted by atomic mass is 10.0. The van der Waals surface area contributed by atoms with Crippen molar-refractivity contribution in [2.75, 3.05) is 12.4 Å². The molecule has 178 valence electrons. The molecule has 0 saturated carbocycles. The van der Waals surface area contributed by atoms with Crippen LogP contribution in [0.3, 0.4) is 0 Å². The molecule has 0 saturated heterocycles. The van der Waals surface area contributed by atoms with Crippen molar-refractivity contribution < 1.29 is 19.1 Å². The van der Waals surface area contributed by atoms with E-state index in [4.69, 9.17) is 32.7 Å². The molecule has 0 atom stereocenters. The van der Waals surface area contributed by atoms with Gasteiger partial charge in [-0.1, -0.05) is 65.7 Å². The van der Waals surface area contributed by atoms with E-state index in [0.717, 1.165) is 10.8 Å². The Labute approximate surface area is 217 Å². The minimum atomic E-state index is -0.652. The van der Waals surface area contributed by atoms with Gasteiger partial charge >= 0.3 is 5.97 Å². The fourth-order valence-corrected chi connectivity index (χ4v) is 4.09. The number of fused-ring (bicyclic) bond motifs is 1. The molecular formula is C28H18Cl2N2O4. The average Bonchev–Trinajstić information content (AvgIpc) is 2.86. The molecule has 0 fully saturated rings. The van der Waals surface area contributed by atoms with Gasteiger partial charge in [0.2, 0.25) is 0 Å². The van der Waals surface area contributed by atoms with Gasteiger partial charge in [0, 0.05) is 15.7 Å². The second kappa shape index (κ2) is 11.0. The van der Waals surface area contributed by atoms with Gasteiger partial charge in [0.1, 0.15) is 11.6 Å². The van der Waals surface area contributed by atoms with Crippen LogP contribution in [-0.2, 0) is 4.79 Å². The number of rotatable bonds is 6. The van der Waals surface area contributed by atoms with Crippen LogP contribution in [0.4, 0.5) is 5.69 Å². The molecule has 0 radical (unpaired) electrons. The van der Waals surface area contributed by atoms with E-state index in [9.17, 15) is 14.9 Å². The van der Waals surface area contributed by atoms with Crippen LogP contribution in [0.5, 0.6) is 11.5 Å². The first-order chi connectivity index (χ1) is 17.4. The largest absolute Gasteiger partial charge is 0.493 e. The van der Waals surface area contributed by atoms with Crippen molar-refractivity contribution in [2.45, 2.75) is 0 Å². The normalized spacial score (nSPS) is 11.0. The van der Waals surface area contributed by atoms with Gasteiger partial charge in [-0.3, -0.25) is 4.79 Å². The predicted octanol–water partition coefficient (Wildman–Crippen LogP) is 6.92. The van der Waals surface area contributed by atoms with E-state index in [1.807, 2.05) is 36.4 Å². The number of halogens is 2. The third-order valence-electron chi connectivity index (χ3n) is 5.20. The Bertz CT molecular complexity index is 1530. The van der Waals surface area contributed by atoms with E-state index >= 15 is 0 Å². The zero-order valence-electron chi connectivity index (χ0n) is 18.9. The molecule has 0 aliphatic rings. The van der Waals surface area contributed by atoms with E-state index in [2.05, 4.69) is 5.32 Å². The van der Waals surface area contributed by atoms with Crippen LogP contribution < -0.4 is 14.8 Å². The zero-order chi connectivity index (χ0) is 25.7. The number of carbonyl (C=O) groups is 2. The molecule has 4 rings (SSSR count). The summed E-state index contributed by atoms with van der Waals surface area (Å²) in [4.78, 5) is 25.7. The van der Waals surface area contributed by atoms with Crippen LogP contribution >= 0.6 is 23.2 Å². The van der Waals surface area contributed by atoms with Crippen LogP contribution in [0, 0.1) is 11.3 Å². The minimum Gasteiger partial charge on any atom is -0.493 e. The van der Waals surface area contributed by atoms with Gasteiger partial charge in [0.15, 0.2) is 11.5 Å². The highest BCUT2D eigenvalue weighted by Gasteiger charge is 2.16. The van der Waals surface area contributed by atoms with Gasteiger partial charge in [0.05, 0.1) is 12.7 Å².